The number of nitrogens with one attached hydrogen (secondary N) is 1. The molecule has 0 fully saturated rings. The van der Waals surface area contributed by atoms with Crippen LogP contribution in [-0.4, -0.2) is 19.1 Å². The Bertz CT molecular complexity index is 369. The van der Waals surface area contributed by atoms with Crippen LogP contribution in [0.2, 0.25) is 0 Å². The van der Waals surface area contributed by atoms with E-state index in [2.05, 4.69) is 42.6 Å². The number of aryl methyl sites for hydroxylation is 1. The molecule has 0 aromatic heterocycles. The van der Waals surface area contributed by atoms with Crippen molar-refractivity contribution in [3.05, 3.63) is 41.5 Å². The van der Waals surface area contributed by atoms with Crippen molar-refractivity contribution in [3.8, 4) is 0 Å². The minimum absolute atomic E-state index is 0.152. The van der Waals surface area contributed by atoms with Gasteiger partial charge < -0.3 is 11.1 Å². The van der Waals surface area contributed by atoms with Crippen molar-refractivity contribution in [2.24, 2.45) is 5.73 Å². The zero-order valence-electron chi connectivity index (χ0n) is 9.16. The molecule has 3 N–H and O–H groups in total. The first-order valence-electron chi connectivity index (χ1n) is 5.56. The molecular weight excluding hydrogens is 184 g/mol. The Morgan fingerprint density at radius 1 is 1.40 bits per heavy atom. The van der Waals surface area contributed by atoms with Crippen LogP contribution >= 0.6 is 0 Å². The lowest BCUT2D eigenvalue weighted by molar-refractivity contribution is 0.662. The molecule has 1 aromatic rings. The van der Waals surface area contributed by atoms with Crippen LogP contribution in [0, 0.1) is 0 Å². The van der Waals surface area contributed by atoms with Crippen LogP contribution in [0.3, 0.4) is 0 Å². The number of rotatable bonds is 2. The molecule has 0 spiro atoms. The molecule has 1 heterocycles. The normalized spacial score (nSPS) is 21.2. The Morgan fingerprint density at radius 3 is 2.93 bits per heavy atom. The van der Waals surface area contributed by atoms with Gasteiger partial charge in [-0.05, 0) is 23.1 Å². The monoisotopic (exact) mass is 202 g/mol. The first kappa shape index (κ1) is 10.4. The van der Waals surface area contributed by atoms with E-state index in [0.717, 1.165) is 19.5 Å². The topological polar surface area (TPSA) is 38.0 Å². The Kier molecular flexibility index (Phi) is 3.19. The van der Waals surface area contributed by atoms with Crippen LogP contribution in [-0.2, 0) is 6.42 Å². The lowest BCUT2D eigenvalue weighted by Crippen LogP contribution is -2.37. The third kappa shape index (κ3) is 2.28. The number of hydrogen-bond donors (Lipinski definition) is 2. The summed E-state index contributed by atoms with van der Waals surface area (Å²) in [5.74, 6) is 0. The molecule has 0 bridgehead atoms. The summed E-state index contributed by atoms with van der Waals surface area (Å²) in [7, 11) is 0. The van der Waals surface area contributed by atoms with Crippen LogP contribution < -0.4 is 11.1 Å². The summed E-state index contributed by atoms with van der Waals surface area (Å²) in [6, 6.07) is 8.72. The van der Waals surface area contributed by atoms with Crippen molar-refractivity contribution in [3.63, 3.8) is 0 Å². The van der Waals surface area contributed by atoms with Crippen molar-refractivity contribution >= 4 is 5.57 Å². The van der Waals surface area contributed by atoms with Gasteiger partial charge in [-0.15, -0.1) is 0 Å². The fourth-order valence-electron chi connectivity index (χ4n) is 2.08. The van der Waals surface area contributed by atoms with Crippen molar-refractivity contribution in [1.29, 1.82) is 0 Å². The lowest BCUT2D eigenvalue weighted by Gasteiger charge is -2.21. The predicted octanol–water partition coefficient (Wildman–Crippen LogP) is 1.56. The minimum Gasteiger partial charge on any atom is -0.323 e. The molecule has 1 aliphatic heterocycles. The van der Waals surface area contributed by atoms with Gasteiger partial charge in [-0.25, -0.2) is 0 Å². The van der Waals surface area contributed by atoms with E-state index in [-0.39, 0.29) is 6.04 Å². The van der Waals surface area contributed by atoms with Crippen molar-refractivity contribution in [1.82, 2.24) is 5.32 Å². The van der Waals surface area contributed by atoms with E-state index in [4.69, 9.17) is 5.73 Å². The smallest absolute Gasteiger partial charge is 0.0357 e. The summed E-state index contributed by atoms with van der Waals surface area (Å²) in [4.78, 5) is 0. The molecule has 0 saturated carbocycles. The molecule has 2 nitrogen and oxygen atoms in total. The van der Waals surface area contributed by atoms with Crippen LogP contribution in [0.4, 0.5) is 0 Å². The average Bonchev–Trinajstić information content (AvgIpc) is 2.29. The van der Waals surface area contributed by atoms with Crippen LogP contribution in [0.25, 0.3) is 5.57 Å². The third-order valence-electron chi connectivity index (χ3n) is 2.85. The zero-order chi connectivity index (χ0) is 10.7. The second kappa shape index (κ2) is 4.60. The molecule has 1 unspecified atom stereocenters. The van der Waals surface area contributed by atoms with Gasteiger partial charge in [-0.2, -0.15) is 0 Å². The number of benzene rings is 1. The standard InChI is InChI=1S/C13H18N2/c1-2-10-5-3-4-6-13(10)11-7-12(14)9-15-8-11/h3-7,12,15H,2,8-9,14H2,1H3. The first-order chi connectivity index (χ1) is 7.31. The maximum Gasteiger partial charge on any atom is 0.0357 e. The Balaban J connectivity index is 2.36. The van der Waals surface area contributed by atoms with Gasteiger partial charge in [-0.1, -0.05) is 37.3 Å². The molecule has 2 heteroatoms. The molecule has 1 aliphatic rings. The highest BCUT2D eigenvalue weighted by atomic mass is 14.9. The largest absolute Gasteiger partial charge is 0.323 e. The average molecular weight is 202 g/mol. The summed E-state index contributed by atoms with van der Waals surface area (Å²) in [5.41, 5.74) is 10.0. The highest BCUT2D eigenvalue weighted by molar-refractivity contribution is 5.70. The first-order valence-corrected chi connectivity index (χ1v) is 5.56. The van der Waals surface area contributed by atoms with Gasteiger partial charge in [0.1, 0.15) is 0 Å². The van der Waals surface area contributed by atoms with E-state index in [1.165, 1.54) is 16.7 Å². The molecular formula is C13H18N2. The van der Waals surface area contributed by atoms with Crippen LogP contribution in [0.1, 0.15) is 18.1 Å². The number of hydrogen-bond acceptors (Lipinski definition) is 2. The summed E-state index contributed by atoms with van der Waals surface area (Å²) in [5, 5.41) is 3.34. The van der Waals surface area contributed by atoms with Crippen LogP contribution in [0.5, 0.6) is 0 Å². The van der Waals surface area contributed by atoms with Gasteiger partial charge in [-0.3, -0.25) is 0 Å². The van der Waals surface area contributed by atoms with E-state index in [0.29, 0.717) is 0 Å². The van der Waals surface area contributed by atoms with Crippen molar-refractivity contribution < 1.29 is 0 Å². The second-order valence-electron chi connectivity index (χ2n) is 4.00. The Labute approximate surface area is 91.2 Å². The Morgan fingerprint density at radius 2 is 2.20 bits per heavy atom. The van der Waals surface area contributed by atoms with E-state index >= 15 is 0 Å². The second-order valence-corrected chi connectivity index (χ2v) is 4.00. The SMILES string of the molecule is CCc1ccccc1C1=CC(N)CNC1. The van der Waals surface area contributed by atoms with Gasteiger partial charge in [0.25, 0.3) is 0 Å². The quantitative estimate of drug-likeness (QED) is 0.764. The van der Waals surface area contributed by atoms with Gasteiger partial charge in [0.15, 0.2) is 0 Å². The minimum atomic E-state index is 0.152. The summed E-state index contributed by atoms with van der Waals surface area (Å²) >= 11 is 0. The molecule has 80 valence electrons. The van der Waals surface area contributed by atoms with E-state index < -0.39 is 0 Å². The number of nitrogens with two attached hydrogens (primary N) is 1. The maximum atomic E-state index is 5.92. The summed E-state index contributed by atoms with van der Waals surface area (Å²) in [6.07, 6.45) is 3.26. The fourth-order valence-corrected chi connectivity index (χ4v) is 2.08. The molecule has 1 atom stereocenters. The molecule has 0 radical (unpaired) electrons. The van der Waals surface area contributed by atoms with Gasteiger partial charge in [0.05, 0.1) is 0 Å². The molecule has 2 rings (SSSR count). The highest BCUT2D eigenvalue weighted by Gasteiger charge is 2.12. The Hall–Kier alpha value is -1.12. The zero-order valence-corrected chi connectivity index (χ0v) is 9.16. The maximum absolute atomic E-state index is 5.92. The predicted molar refractivity (Wildman–Crippen MR) is 64.6 cm³/mol. The van der Waals surface area contributed by atoms with E-state index in [1.54, 1.807) is 0 Å². The van der Waals surface area contributed by atoms with Gasteiger partial charge in [0, 0.05) is 19.1 Å². The summed E-state index contributed by atoms with van der Waals surface area (Å²) < 4.78 is 0. The molecule has 0 amide bonds. The van der Waals surface area contributed by atoms with Crippen molar-refractivity contribution in [2.75, 3.05) is 13.1 Å². The van der Waals surface area contributed by atoms with Crippen LogP contribution in [0.15, 0.2) is 30.3 Å². The molecule has 0 aliphatic carbocycles. The lowest BCUT2D eigenvalue weighted by atomic mass is 9.95. The highest BCUT2D eigenvalue weighted by Crippen LogP contribution is 2.21. The van der Waals surface area contributed by atoms with Gasteiger partial charge in [0.2, 0.25) is 0 Å². The molecule has 15 heavy (non-hydrogen) atoms. The van der Waals surface area contributed by atoms with E-state index in [1.807, 2.05) is 0 Å². The fraction of sp³-hybridized carbons (Fsp3) is 0.385. The third-order valence-corrected chi connectivity index (χ3v) is 2.85. The summed E-state index contributed by atoms with van der Waals surface area (Å²) in [6.45, 7) is 4.01. The van der Waals surface area contributed by atoms with Crippen molar-refractivity contribution in [2.45, 2.75) is 19.4 Å². The van der Waals surface area contributed by atoms with E-state index in [9.17, 15) is 0 Å². The molecule has 1 aromatic carbocycles. The molecule has 0 saturated heterocycles. The van der Waals surface area contributed by atoms with Gasteiger partial charge >= 0.3 is 0 Å².